The van der Waals surface area contributed by atoms with Gasteiger partial charge in [-0.2, -0.15) is 0 Å². The summed E-state index contributed by atoms with van der Waals surface area (Å²) < 4.78 is 1.19. The number of para-hydroxylation sites is 1. The first kappa shape index (κ1) is 10.4. The number of nitrogens with one attached hydrogen (secondary N) is 1. The van der Waals surface area contributed by atoms with Crippen molar-refractivity contribution in [1.29, 1.82) is 0 Å². The van der Waals surface area contributed by atoms with Gasteiger partial charge in [-0.05, 0) is 25.5 Å². The van der Waals surface area contributed by atoms with Crippen molar-refractivity contribution in [3.8, 4) is 0 Å². The van der Waals surface area contributed by atoms with E-state index < -0.39 is 0 Å². The summed E-state index contributed by atoms with van der Waals surface area (Å²) in [7, 11) is 0. The van der Waals surface area contributed by atoms with Gasteiger partial charge in [-0.15, -0.1) is 0 Å². The molecule has 2 rings (SSSR count). The number of nitrogens with zero attached hydrogens (tertiary/aromatic N) is 1. The molecule has 1 heterocycles. The minimum Gasteiger partial charge on any atom is -0.393 e. The Morgan fingerprint density at radius 2 is 2.27 bits per heavy atom. The van der Waals surface area contributed by atoms with Crippen molar-refractivity contribution in [2.24, 2.45) is 0 Å². The van der Waals surface area contributed by atoms with Gasteiger partial charge >= 0.3 is 0 Å². The Bertz CT molecular complexity index is 406. The fourth-order valence-electron chi connectivity index (χ4n) is 1.34. The summed E-state index contributed by atoms with van der Waals surface area (Å²) in [5.41, 5.74) is 1.03. The Morgan fingerprint density at radius 1 is 1.47 bits per heavy atom. The molecule has 0 radical (unpaired) electrons. The summed E-state index contributed by atoms with van der Waals surface area (Å²) >= 11 is 1.65. The fourth-order valence-corrected chi connectivity index (χ4v) is 2.23. The van der Waals surface area contributed by atoms with Gasteiger partial charge in [-0.1, -0.05) is 23.5 Å². The van der Waals surface area contributed by atoms with Crippen molar-refractivity contribution in [2.45, 2.75) is 19.4 Å². The van der Waals surface area contributed by atoms with Crippen molar-refractivity contribution >= 4 is 26.7 Å². The van der Waals surface area contributed by atoms with Crippen molar-refractivity contribution in [3.05, 3.63) is 24.3 Å². The second-order valence-electron chi connectivity index (χ2n) is 3.55. The van der Waals surface area contributed by atoms with Gasteiger partial charge in [-0.25, -0.2) is 4.98 Å². The monoisotopic (exact) mass is 222 g/mol. The molecule has 0 aliphatic heterocycles. The molecule has 0 amide bonds. The van der Waals surface area contributed by atoms with Gasteiger partial charge in [-0.3, -0.25) is 0 Å². The summed E-state index contributed by atoms with van der Waals surface area (Å²) in [5.74, 6) is 0. The number of hydrogen-bond acceptors (Lipinski definition) is 4. The lowest BCUT2D eigenvalue weighted by atomic mass is 10.3. The van der Waals surface area contributed by atoms with Gasteiger partial charge in [0.1, 0.15) is 0 Å². The zero-order valence-electron chi connectivity index (χ0n) is 8.60. The first-order valence-electron chi connectivity index (χ1n) is 5.03. The average Bonchev–Trinajstić information content (AvgIpc) is 2.59. The van der Waals surface area contributed by atoms with E-state index in [1.54, 1.807) is 18.3 Å². The third-order valence-corrected chi connectivity index (χ3v) is 3.13. The molecule has 1 atom stereocenters. The summed E-state index contributed by atoms with van der Waals surface area (Å²) in [6, 6.07) is 8.07. The third-order valence-electron chi connectivity index (χ3n) is 2.13. The molecule has 1 aromatic carbocycles. The topological polar surface area (TPSA) is 45.1 Å². The lowest BCUT2D eigenvalue weighted by Crippen LogP contribution is -2.09. The predicted molar refractivity (Wildman–Crippen MR) is 64.4 cm³/mol. The minimum atomic E-state index is -0.258. The van der Waals surface area contributed by atoms with E-state index in [1.807, 2.05) is 18.2 Å². The summed E-state index contributed by atoms with van der Waals surface area (Å²) in [6.45, 7) is 2.55. The minimum absolute atomic E-state index is 0.258. The fraction of sp³-hybridized carbons (Fsp3) is 0.364. The molecule has 0 fully saturated rings. The van der Waals surface area contributed by atoms with Gasteiger partial charge < -0.3 is 10.4 Å². The van der Waals surface area contributed by atoms with E-state index in [1.165, 1.54) is 4.70 Å². The van der Waals surface area contributed by atoms with Gasteiger partial charge in [0, 0.05) is 6.54 Å². The number of rotatable bonds is 4. The van der Waals surface area contributed by atoms with Crippen LogP contribution in [0.1, 0.15) is 13.3 Å². The highest BCUT2D eigenvalue weighted by Crippen LogP contribution is 2.25. The molecular weight excluding hydrogens is 208 g/mol. The number of benzene rings is 1. The second-order valence-corrected chi connectivity index (χ2v) is 4.58. The van der Waals surface area contributed by atoms with Crippen LogP contribution >= 0.6 is 11.3 Å². The van der Waals surface area contributed by atoms with Crippen LogP contribution in [0.4, 0.5) is 5.13 Å². The van der Waals surface area contributed by atoms with Gasteiger partial charge in [0.15, 0.2) is 5.13 Å². The molecule has 1 aromatic heterocycles. The van der Waals surface area contributed by atoms with Crippen LogP contribution < -0.4 is 5.32 Å². The van der Waals surface area contributed by atoms with Crippen LogP contribution in [0, 0.1) is 0 Å². The van der Waals surface area contributed by atoms with E-state index >= 15 is 0 Å². The molecule has 3 nitrogen and oxygen atoms in total. The Labute approximate surface area is 92.8 Å². The summed E-state index contributed by atoms with van der Waals surface area (Å²) in [5, 5.41) is 13.3. The van der Waals surface area contributed by atoms with Crippen LogP contribution in [0.3, 0.4) is 0 Å². The molecule has 0 spiro atoms. The van der Waals surface area contributed by atoms with Crippen LogP contribution in [0.2, 0.25) is 0 Å². The maximum atomic E-state index is 9.11. The van der Waals surface area contributed by atoms with Crippen molar-refractivity contribution in [3.63, 3.8) is 0 Å². The highest BCUT2D eigenvalue weighted by molar-refractivity contribution is 7.22. The molecule has 0 bridgehead atoms. The molecule has 2 aromatic rings. The Hall–Kier alpha value is -1.13. The maximum Gasteiger partial charge on any atom is 0.183 e. The number of aliphatic hydroxyl groups is 1. The average molecular weight is 222 g/mol. The highest BCUT2D eigenvalue weighted by atomic mass is 32.1. The molecule has 4 heteroatoms. The zero-order valence-corrected chi connectivity index (χ0v) is 9.42. The maximum absolute atomic E-state index is 9.11. The van der Waals surface area contributed by atoms with Crippen LogP contribution in [-0.2, 0) is 0 Å². The molecule has 0 saturated heterocycles. The van der Waals surface area contributed by atoms with Crippen LogP contribution in [0.15, 0.2) is 24.3 Å². The van der Waals surface area contributed by atoms with E-state index in [0.717, 1.165) is 23.6 Å². The second kappa shape index (κ2) is 4.59. The zero-order chi connectivity index (χ0) is 10.7. The van der Waals surface area contributed by atoms with Crippen LogP contribution in [0.25, 0.3) is 10.2 Å². The smallest absolute Gasteiger partial charge is 0.183 e. The number of aliphatic hydroxyl groups excluding tert-OH is 1. The summed E-state index contributed by atoms with van der Waals surface area (Å²) in [6.07, 6.45) is 0.488. The largest absolute Gasteiger partial charge is 0.393 e. The Kier molecular flexibility index (Phi) is 3.18. The molecule has 15 heavy (non-hydrogen) atoms. The number of thiazole rings is 1. The molecule has 2 N–H and O–H groups in total. The molecule has 0 aliphatic carbocycles. The van der Waals surface area contributed by atoms with Crippen molar-refractivity contribution in [1.82, 2.24) is 4.98 Å². The standard InChI is InChI=1S/C11H14N2OS/c1-8(14)6-7-12-11-13-9-4-2-3-5-10(9)15-11/h2-5,8,14H,6-7H2,1H3,(H,12,13)/t8-/m1/s1. The van der Waals surface area contributed by atoms with Gasteiger partial charge in [0.2, 0.25) is 0 Å². The van der Waals surface area contributed by atoms with E-state index in [-0.39, 0.29) is 6.10 Å². The summed E-state index contributed by atoms with van der Waals surface area (Å²) in [4.78, 5) is 4.44. The number of aromatic nitrogens is 1. The first-order chi connectivity index (χ1) is 7.25. The van der Waals surface area contributed by atoms with Crippen LogP contribution in [0.5, 0.6) is 0 Å². The van der Waals surface area contributed by atoms with Crippen molar-refractivity contribution in [2.75, 3.05) is 11.9 Å². The lowest BCUT2D eigenvalue weighted by molar-refractivity contribution is 0.189. The Morgan fingerprint density at radius 3 is 3.00 bits per heavy atom. The molecule has 0 saturated carbocycles. The van der Waals surface area contributed by atoms with E-state index in [2.05, 4.69) is 16.4 Å². The third kappa shape index (κ3) is 2.67. The molecule has 80 valence electrons. The van der Waals surface area contributed by atoms with E-state index in [0.29, 0.717) is 0 Å². The van der Waals surface area contributed by atoms with E-state index in [4.69, 9.17) is 5.11 Å². The molecule has 0 aliphatic rings. The van der Waals surface area contributed by atoms with Gasteiger partial charge in [0.25, 0.3) is 0 Å². The predicted octanol–water partition coefficient (Wildman–Crippen LogP) is 2.48. The quantitative estimate of drug-likeness (QED) is 0.835. The number of fused-ring (bicyclic) bond motifs is 1. The normalized spacial score (nSPS) is 12.9. The SMILES string of the molecule is C[C@@H](O)CCNc1nc2ccccc2s1. The van der Waals surface area contributed by atoms with E-state index in [9.17, 15) is 0 Å². The van der Waals surface area contributed by atoms with Crippen LogP contribution in [-0.4, -0.2) is 22.7 Å². The number of hydrogen-bond donors (Lipinski definition) is 2. The molecular formula is C11H14N2OS. The molecule has 0 unspecified atom stereocenters. The Balaban J connectivity index is 2.03. The lowest BCUT2D eigenvalue weighted by Gasteiger charge is -2.03. The number of anilines is 1. The highest BCUT2D eigenvalue weighted by Gasteiger charge is 2.02. The first-order valence-corrected chi connectivity index (χ1v) is 5.85. The van der Waals surface area contributed by atoms with Gasteiger partial charge in [0.05, 0.1) is 16.3 Å². The van der Waals surface area contributed by atoms with Crippen molar-refractivity contribution < 1.29 is 5.11 Å².